The van der Waals surface area contributed by atoms with Crippen LogP contribution >= 0.6 is 46.4 Å². The fourth-order valence-electron chi connectivity index (χ4n) is 0. The summed E-state index contributed by atoms with van der Waals surface area (Å²) in [4.78, 5) is 0. The molecule has 0 aromatic rings. The molecule has 0 nitrogen and oxygen atoms in total. The minimum Gasteiger partial charge on any atom is -1.00 e. The van der Waals surface area contributed by atoms with Gasteiger partial charge in [0.1, 0.15) is 0 Å². The van der Waals surface area contributed by atoms with Gasteiger partial charge >= 0.3 is 37.7 Å². The molecule has 7 heteroatoms. The van der Waals surface area contributed by atoms with E-state index in [4.69, 9.17) is 46.4 Å². The van der Waals surface area contributed by atoms with Gasteiger partial charge in [-0.1, -0.05) is 46.4 Å². The minimum atomic E-state index is -1.61. The molecule has 0 radical (unpaired) electrons. The van der Waals surface area contributed by atoms with Gasteiger partial charge in [-0.15, -0.1) is 0 Å². The molecule has 0 atom stereocenters. The Balaban J connectivity index is -0.0000000267. The van der Waals surface area contributed by atoms with E-state index in [2.05, 4.69) is 0 Å². The molecule has 0 saturated heterocycles. The number of halogens is 6. The quantitative estimate of drug-likeness (QED) is 0.311. The van der Waals surface area contributed by atoms with Crippen molar-refractivity contribution in [2.75, 3.05) is 0 Å². The molecule has 0 aliphatic carbocycles. The molecule has 0 aliphatic rings. The van der Waals surface area contributed by atoms with Crippen LogP contribution in [0.15, 0.2) is 0 Å². The first-order valence-corrected chi connectivity index (χ1v) is 2.27. The monoisotopic (exact) mass is 262 g/mol. The smallest absolute Gasteiger partial charge is 1.00 e. The number of alkyl halides is 4. The second-order valence-electron chi connectivity index (χ2n) is 0.429. The normalized spacial score (nSPS) is 7.50. The molecule has 0 spiro atoms. The van der Waals surface area contributed by atoms with Crippen molar-refractivity contribution in [1.29, 1.82) is 0 Å². The van der Waals surface area contributed by atoms with Crippen LogP contribution in [-0.4, -0.2) is 41.0 Å². The molecule has 0 N–H and O–H groups in total. The molecule has 0 aliphatic heterocycles. The topological polar surface area (TPSA) is 0 Å². The van der Waals surface area contributed by atoms with Crippen molar-refractivity contribution in [3.63, 3.8) is 0 Å². The zero-order chi connectivity index (χ0) is 4.50. The molecule has 48 valence electrons. The first-order valence-electron chi connectivity index (χ1n) is 0.756. The Labute approximate surface area is 110 Å². The summed E-state index contributed by atoms with van der Waals surface area (Å²) in [7, 11) is 0. The van der Waals surface area contributed by atoms with Gasteiger partial charge in [-0.3, -0.25) is 0 Å². The average molecular weight is 265 g/mol. The van der Waals surface area contributed by atoms with Gasteiger partial charge in [0.15, 0.2) is 0 Å². The van der Waals surface area contributed by atoms with Gasteiger partial charge in [-0.2, -0.15) is 0 Å². The Kier molecular flexibility index (Phi) is 28.1. The van der Waals surface area contributed by atoms with Crippen LogP contribution in [0.4, 0.5) is 0 Å². The fourth-order valence-corrected chi connectivity index (χ4v) is 0. The van der Waals surface area contributed by atoms with Crippen molar-refractivity contribution in [2.45, 2.75) is 3.25 Å². The summed E-state index contributed by atoms with van der Waals surface area (Å²) in [6.07, 6.45) is 0. The van der Waals surface area contributed by atoms with Crippen LogP contribution in [0.5, 0.6) is 0 Å². The van der Waals surface area contributed by atoms with Crippen LogP contribution in [0.1, 0.15) is 0 Å². The standard InChI is InChI=1S/CCl4.Ca.2ClH/c2-1(3,4)5;;;/h;;2*1H/q;+2;;/p-2. The van der Waals surface area contributed by atoms with Crippen molar-refractivity contribution in [3.05, 3.63) is 0 Å². The molecule has 0 heterocycles. The van der Waals surface area contributed by atoms with E-state index in [-0.39, 0.29) is 62.6 Å². The van der Waals surface area contributed by atoms with Crippen LogP contribution in [0, 0.1) is 0 Å². The molecule has 0 saturated carbocycles. The second kappa shape index (κ2) is 10.00. The molecule has 0 fully saturated rings. The molecule has 0 bridgehead atoms. The van der Waals surface area contributed by atoms with Crippen LogP contribution in [0.2, 0.25) is 0 Å². The summed E-state index contributed by atoms with van der Waals surface area (Å²) in [5.74, 6) is 0. The van der Waals surface area contributed by atoms with Crippen LogP contribution in [-0.2, 0) is 0 Å². The minimum absolute atomic E-state index is 0. The van der Waals surface area contributed by atoms with Crippen LogP contribution < -0.4 is 24.8 Å². The van der Waals surface area contributed by atoms with E-state index in [1.165, 1.54) is 0 Å². The number of rotatable bonds is 0. The van der Waals surface area contributed by atoms with E-state index in [0.29, 0.717) is 0 Å². The van der Waals surface area contributed by atoms with Crippen LogP contribution in [0.25, 0.3) is 0 Å². The third-order valence-electron chi connectivity index (χ3n) is 0. The molecule has 8 heavy (non-hydrogen) atoms. The molecule has 0 aromatic carbocycles. The van der Waals surface area contributed by atoms with Crippen molar-refractivity contribution in [3.8, 4) is 0 Å². The van der Waals surface area contributed by atoms with E-state index in [9.17, 15) is 0 Å². The Morgan fingerprint density at radius 3 is 0.750 bits per heavy atom. The third-order valence-corrected chi connectivity index (χ3v) is 0. The van der Waals surface area contributed by atoms with Gasteiger partial charge < -0.3 is 24.8 Å². The van der Waals surface area contributed by atoms with Crippen molar-refractivity contribution in [2.24, 2.45) is 0 Å². The van der Waals surface area contributed by atoms with E-state index < -0.39 is 3.25 Å². The molecular formula is CCaCl6. The van der Waals surface area contributed by atoms with E-state index in [0.717, 1.165) is 0 Å². The largest absolute Gasteiger partial charge is 2.00 e. The summed E-state index contributed by atoms with van der Waals surface area (Å²) in [6, 6.07) is 0. The average Bonchev–Trinajstić information content (AvgIpc) is 0.722. The Morgan fingerprint density at radius 2 is 0.750 bits per heavy atom. The van der Waals surface area contributed by atoms with Gasteiger partial charge in [-0.05, 0) is 0 Å². The summed E-state index contributed by atoms with van der Waals surface area (Å²) < 4.78 is -1.61. The summed E-state index contributed by atoms with van der Waals surface area (Å²) >= 11 is 19.3. The van der Waals surface area contributed by atoms with Gasteiger partial charge in [0.05, 0.1) is 0 Å². The maximum absolute atomic E-state index is 4.83. The van der Waals surface area contributed by atoms with E-state index >= 15 is 0 Å². The van der Waals surface area contributed by atoms with E-state index in [1.807, 2.05) is 0 Å². The molecular weight excluding hydrogens is 265 g/mol. The maximum atomic E-state index is 4.83. The van der Waals surface area contributed by atoms with Gasteiger partial charge in [0.2, 0.25) is 0 Å². The number of hydrogen-bond acceptors (Lipinski definition) is 0. The van der Waals surface area contributed by atoms with Crippen LogP contribution in [0.3, 0.4) is 0 Å². The van der Waals surface area contributed by atoms with Gasteiger partial charge in [-0.25, -0.2) is 0 Å². The summed E-state index contributed by atoms with van der Waals surface area (Å²) in [5, 5.41) is 0. The SMILES string of the molecule is ClC(Cl)(Cl)Cl.[Ca+2].[Cl-].[Cl-]. The predicted molar refractivity (Wildman–Crippen MR) is 31.9 cm³/mol. The zero-order valence-corrected chi connectivity index (χ0v) is 10.2. The van der Waals surface area contributed by atoms with Gasteiger partial charge in [0.25, 0.3) is 3.25 Å². The molecule has 0 unspecified atom stereocenters. The summed E-state index contributed by atoms with van der Waals surface area (Å²) in [5.41, 5.74) is 0. The number of hydrogen-bond donors (Lipinski definition) is 0. The first kappa shape index (κ1) is 22.4. The van der Waals surface area contributed by atoms with Crippen molar-refractivity contribution in [1.82, 2.24) is 0 Å². The summed E-state index contributed by atoms with van der Waals surface area (Å²) in [6.45, 7) is 0. The van der Waals surface area contributed by atoms with Crippen molar-refractivity contribution >= 4 is 84.1 Å². The second-order valence-corrected chi connectivity index (χ2v) is 3.86. The Morgan fingerprint density at radius 1 is 0.750 bits per heavy atom. The molecule has 0 aromatic heterocycles. The Bertz CT molecular complexity index is 24.0. The van der Waals surface area contributed by atoms with Gasteiger partial charge in [0, 0.05) is 0 Å². The zero-order valence-electron chi connectivity index (χ0n) is 3.47. The fraction of sp³-hybridized carbons (Fsp3) is 1.00. The van der Waals surface area contributed by atoms with E-state index in [1.54, 1.807) is 0 Å². The predicted octanol–water partition coefficient (Wildman–Crippen LogP) is -3.82. The maximum Gasteiger partial charge on any atom is 2.00 e. The molecule has 0 amide bonds. The third kappa shape index (κ3) is 64.0. The Hall–Kier alpha value is 3.00. The molecule has 0 rings (SSSR count). The first-order chi connectivity index (χ1) is 2.00. The van der Waals surface area contributed by atoms with Crippen molar-refractivity contribution < 1.29 is 24.8 Å².